The van der Waals surface area contributed by atoms with Gasteiger partial charge >= 0.3 is 0 Å². The molecule has 4 heteroatoms. The quantitative estimate of drug-likeness (QED) is 0.245. The number of hydrogen-bond acceptors (Lipinski definition) is 3. The first-order valence-electron chi connectivity index (χ1n) is 13.4. The number of ether oxygens (including phenoxy) is 1. The summed E-state index contributed by atoms with van der Waals surface area (Å²) in [5.41, 5.74) is 5.04. The average molecular weight is 541 g/mol. The molecule has 0 unspecified atom stereocenters. The Bertz CT molecular complexity index is 1510. The van der Waals surface area contributed by atoms with Crippen LogP contribution in [0.15, 0.2) is 107 Å². The van der Waals surface area contributed by atoms with Crippen molar-refractivity contribution < 1.29 is 13.2 Å². The number of hydrogen-bond donors (Lipinski definition) is 0. The average Bonchev–Trinajstić information content (AvgIpc) is 2.88. The molecule has 0 bridgehead atoms. The van der Waals surface area contributed by atoms with Gasteiger partial charge in [0.2, 0.25) is 9.84 Å². The molecule has 0 fully saturated rings. The van der Waals surface area contributed by atoms with Gasteiger partial charge < -0.3 is 4.74 Å². The molecule has 0 spiro atoms. The Morgan fingerprint density at radius 2 is 0.846 bits per heavy atom. The largest absolute Gasteiger partial charge is 0.488 e. The normalized spacial score (nSPS) is 12.8. The SMILES string of the molecule is CC(C)(C)Oc1ccc(-c2ccc(C(C)(C)c3ccc(S(=O)(=O)c4ccc(C(C)(C)C)cc4)cc3)cc2)cc1. The zero-order valence-corrected chi connectivity index (χ0v) is 25.2. The Morgan fingerprint density at radius 1 is 0.487 bits per heavy atom. The molecule has 0 heterocycles. The summed E-state index contributed by atoms with van der Waals surface area (Å²) in [5.74, 6) is 0.858. The highest BCUT2D eigenvalue weighted by atomic mass is 32.2. The molecule has 39 heavy (non-hydrogen) atoms. The maximum absolute atomic E-state index is 13.3. The van der Waals surface area contributed by atoms with Crippen LogP contribution in [0.4, 0.5) is 0 Å². The van der Waals surface area contributed by atoms with Gasteiger partial charge in [-0.3, -0.25) is 0 Å². The minimum Gasteiger partial charge on any atom is -0.488 e. The molecule has 0 aliphatic heterocycles. The second kappa shape index (κ2) is 10.3. The molecular weight excluding hydrogens is 500 g/mol. The minimum absolute atomic E-state index is 0.0284. The van der Waals surface area contributed by atoms with Gasteiger partial charge in [-0.2, -0.15) is 0 Å². The second-order valence-electron chi connectivity index (χ2n) is 12.7. The van der Waals surface area contributed by atoms with Gasteiger partial charge in [-0.1, -0.05) is 95.3 Å². The van der Waals surface area contributed by atoms with Crippen LogP contribution in [0.5, 0.6) is 5.75 Å². The highest BCUT2D eigenvalue weighted by Crippen LogP contribution is 2.35. The van der Waals surface area contributed by atoms with Crippen molar-refractivity contribution in [1.29, 1.82) is 0 Å². The summed E-state index contributed by atoms with van der Waals surface area (Å²) in [6, 6.07) is 31.3. The van der Waals surface area contributed by atoms with Gasteiger partial charge in [0.25, 0.3) is 0 Å². The molecule has 4 rings (SSSR count). The van der Waals surface area contributed by atoms with Crippen molar-refractivity contribution in [3.8, 4) is 16.9 Å². The lowest BCUT2D eigenvalue weighted by Crippen LogP contribution is -2.22. The van der Waals surface area contributed by atoms with Crippen LogP contribution in [0.2, 0.25) is 0 Å². The summed E-state index contributed by atoms with van der Waals surface area (Å²) in [6.07, 6.45) is 0. The number of benzene rings is 4. The van der Waals surface area contributed by atoms with Crippen molar-refractivity contribution in [2.45, 2.75) is 81.6 Å². The molecular formula is C35H40O3S. The minimum atomic E-state index is -3.59. The lowest BCUT2D eigenvalue weighted by molar-refractivity contribution is 0.131. The Kier molecular flexibility index (Phi) is 7.57. The molecule has 4 aromatic rings. The van der Waals surface area contributed by atoms with E-state index in [4.69, 9.17) is 4.74 Å². The molecule has 0 saturated heterocycles. The first kappa shape index (κ1) is 28.6. The molecule has 0 aliphatic rings. The predicted molar refractivity (Wildman–Crippen MR) is 161 cm³/mol. The monoisotopic (exact) mass is 540 g/mol. The molecule has 0 N–H and O–H groups in total. The third-order valence-corrected chi connectivity index (χ3v) is 8.92. The maximum Gasteiger partial charge on any atom is 0.206 e. The third kappa shape index (κ3) is 6.45. The smallest absolute Gasteiger partial charge is 0.206 e. The molecule has 0 radical (unpaired) electrons. The lowest BCUT2D eigenvalue weighted by Gasteiger charge is -2.26. The first-order chi connectivity index (χ1) is 18.1. The van der Waals surface area contributed by atoms with Crippen LogP contribution in [-0.4, -0.2) is 14.0 Å². The van der Waals surface area contributed by atoms with E-state index in [-0.39, 0.29) is 16.4 Å². The highest BCUT2D eigenvalue weighted by Gasteiger charge is 2.25. The van der Waals surface area contributed by atoms with Gasteiger partial charge in [-0.25, -0.2) is 8.42 Å². The van der Waals surface area contributed by atoms with Crippen LogP contribution in [0.1, 0.15) is 72.1 Å². The van der Waals surface area contributed by atoms with Crippen molar-refractivity contribution >= 4 is 9.84 Å². The van der Waals surface area contributed by atoms with Crippen molar-refractivity contribution in [1.82, 2.24) is 0 Å². The summed E-state index contributed by atoms with van der Waals surface area (Å²) in [7, 11) is -3.59. The van der Waals surface area contributed by atoms with Gasteiger partial charge in [-0.05, 0) is 90.4 Å². The fraction of sp³-hybridized carbons (Fsp3) is 0.314. The van der Waals surface area contributed by atoms with Gasteiger partial charge in [0, 0.05) is 5.41 Å². The van der Waals surface area contributed by atoms with Gasteiger partial charge in [0.15, 0.2) is 0 Å². The van der Waals surface area contributed by atoms with Crippen LogP contribution in [-0.2, 0) is 20.7 Å². The zero-order chi connectivity index (χ0) is 28.6. The van der Waals surface area contributed by atoms with Gasteiger partial charge in [0.1, 0.15) is 11.4 Å². The Hall–Kier alpha value is -3.37. The summed E-state index contributed by atoms with van der Waals surface area (Å²) >= 11 is 0. The highest BCUT2D eigenvalue weighted by molar-refractivity contribution is 7.91. The van der Waals surface area contributed by atoms with Crippen molar-refractivity contribution in [3.05, 3.63) is 114 Å². The van der Waals surface area contributed by atoms with E-state index in [1.54, 1.807) is 24.3 Å². The van der Waals surface area contributed by atoms with Gasteiger partial charge in [-0.15, -0.1) is 0 Å². The zero-order valence-electron chi connectivity index (χ0n) is 24.4. The maximum atomic E-state index is 13.3. The lowest BCUT2D eigenvalue weighted by atomic mass is 9.78. The summed E-state index contributed by atoms with van der Waals surface area (Å²) < 4.78 is 32.5. The van der Waals surface area contributed by atoms with Crippen LogP contribution in [0.3, 0.4) is 0 Å². The van der Waals surface area contributed by atoms with E-state index in [9.17, 15) is 8.42 Å². The fourth-order valence-electron chi connectivity index (χ4n) is 4.64. The molecule has 0 amide bonds. The molecule has 4 aromatic carbocycles. The van der Waals surface area contributed by atoms with Crippen molar-refractivity contribution in [2.24, 2.45) is 0 Å². The van der Waals surface area contributed by atoms with E-state index in [1.165, 1.54) is 0 Å². The first-order valence-corrected chi connectivity index (χ1v) is 14.9. The van der Waals surface area contributed by atoms with Crippen LogP contribution < -0.4 is 4.74 Å². The standard InChI is InChI=1S/C35H40O3S/c1-33(2,3)27-15-21-31(22-16-27)39(36,37)32-23-17-29(18-24-32)35(7,8)28-13-9-25(10-14-28)26-11-19-30(20-12-26)38-34(4,5)6/h9-24H,1-8H3. The van der Waals surface area contributed by atoms with E-state index in [2.05, 4.69) is 71.0 Å². The van der Waals surface area contributed by atoms with E-state index in [0.717, 1.165) is 33.6 Å². The summed E-state index contributed by atoms with van der Waals surface area (Å²) in [4.78, 5) is 0.621. The summed E-state index contributed by atoms with van der Waals surface area (Å²) in [5, 5.41) is 0. The van der Waals surface area contributed by atoms with Crippen LogP contribution in [0, 0.1) is 0 Å². The molecule has 0 aromatic heterocycles. The number of rotatable bonds is 6. The van der Waals surface area contributed by atoms with Crippen molar-refractivity contribution in [2.75, 3.05) is 0 Å². The van der Waals surface area contributed by atoms with E-state index < -0.39 is 9.84 Å². The fourth-order valence-corrected chi connectivity index (χ4v) is 5.90. The summed E-state index contributed by atoms with van der Waals surface area (Å²) in [6.45, 7) is 16.8. The molecule has 204 valence electrons. The molecule has 3 nitrogen and oxygen atoms in total. The Morgan fingerprint density at radius 3 is 1.23 bits per heavy atom. The van der Waals surface area contributed by atoms with E-state index >= 15 is 0 Å². The van der Waals surface area contributed by atoms with Crippen LogP contribution in [0.25, 0.3) is 11.1 Å². The topological polar surface area (TPSA) is 43.4 Å². The Labute approximate surface area is 234 Å². The molecule has 0 aliphatic carbocycles. The predicted octanol–water partition coefficient (Wildman–Crippen LogP) is 8.99. The van der Waals surface area contributed by atoms with Gasteiger partial charge in [0.05, 0.1) is 9.79 Å². The number of sulfone groups is 1. The van der Waals surface area contributed by atoms with Crippen molar-refractivity contribution in [3.63, 3.8) is 0 Å². The van der Waals surface area contributed by atoms with E-state index in [1.807, 2.05) is 57.2 Å². The second-order valence-corrected chi connectivity index (χ2v) is 14.7. The molecule has 0 atom stereocenters. The Balaban J connectivity index is 1.53. The third-order valence-electron chi connectivity index (χ3n) is 7.14. The van der Waals surface area contributed by atoms with Crippen LogP contribution >= 0.6 is 0 Å². The van der Waals surface area contributed by atoms with E-state index in [0.29, 0.717) is 9.79 Å². The molecule has 0 saturated carbocycles.